The number of carbonyl (C=O) groups excluding carboxylic acids is 2. The average molecular weight is 276 g/mol. The van der Waals surface area contributed by atoms with E-state index in [2.05, 4.69) is 5.32 Å². The number of amides is 1. The van der Waals surface area contributed by atoms with Crippen molar-refractivity contribution in [3.63, 3.8) is 0 Å². The summed E-state index contributed by atoms with van der Waals surface area (Å²) in [6, 6.07) is 6.69. The van der Waals surface area contributed by atoms with Crippen molar-refractivity contribution in [3.05, 3.63) is 29.8 Å². The van der Waals surface area contributed by atoms with Crippen LogP contribution in [0.3, 0.4) is 0 Å². The van der Waals surface area contributed by atoms with Crippen molar-refractivity contribution in [2.24, 2.45) is 11.1 Å². The van der Waals surface area contributed by atoms with Crippen molar-refractivity contribution in [1.29, 1.82) is 0 Å². The lowest BCUT2D eigenvalue weighted by atomic mass is 9.68. The summed E-state index contributed by atoms with van der Waals surface area (Å²) in [6.07, 6.45) is 2.74. The fraction of sp³-hybridized carbons (Fsp3) is 0.467. The number of esters is 1. The highest BCUT2D eigenvalue weighted by molar-refractivity contribution is 5.97. The van der Waals surface area contributed by atoms with Crippen LogP contribution in [0.25, 0.3) is 0 Å². The van der Waals surface area contributed by atoms with E-state index in [1.165, 1.54) is 0 Å². The SMILES string of the molecule is CCOC(=O)c1ccc(NC(=O)C2(CN)CCC2)cc1. The summed E-state index contributed by atoms with van der Waals surface area (Å²) >= 11 is 0. The third-order valence-electron chi connectivity index (χ3n) is 3.84. The van der Waals surface area contributed by atoms with Gasteiger partial charge in [-0.15, -0.1) is 0 Å². The summed E-state index contributed by atoms with van der Waals surface area (Å²) in [5.74, 6) is -0.391. The maximum absolute atomic E-state index is 12.2. The predicted molar refractivity (Wildman–Crippen MR) is 76.4 cm³/mol. The molecular weight excluding hydrogens is 256 g/mol. The van der Waals surface area contributed by atoms with Gasteiger partial charge in [0.25, 0.3) is 0 Å². The number of hydrogen-bond donors (Lipinski definition) is 2. The highest BCUT2D eigenvalue weighted by Crippen LogP contribution is 2.40. The van der Waals surface area contributed by atoms with E-state index in [-0.39, 0.29) is 11.9 Å². The molecule has 1 aromatic rings. The van der Waals surface area contributed by atoms with Crippen molar-refractivity contribution in [3.8, 4) is 0 Å². The number of benzene rings is 1. The zero-order chi connectivity index (χ0) is 14.6. The molecular formula is C15H20N2O3. The lowest BCUT2D eigenvalue weighted by Crippen LogP contribution is -2.47. The molecule has 1 aliphatic carbocycles. The largest absolute Gasteiger partial charge is 0.462 e. The Balaban J connectivity index is 2.00. The lowest BCUT2D eigenvalue weighted by Gasteiger charge is -2.39. The molecule has 0 unspecified atom stereocenters. The fourth-order valence-corrected chi connectivity index (χ4v) is 2.30. The highest BCUT2D eigenvalue weighted by atomic mass is 16.5. The molecule has 5 nitrogen and oxygen atoms in total. The van der Waals surface area contributed by atoms with E-state index in [1.807, 2.05) is 0 Å². The molecule has 108 valence electrons. The molecule has 0 heterocycles. The van der Waals surface area contributed by atoms with E-state index in [0.717, 1.165) is 19.3 Å². The fourth-order valence-electron chi connectivity index (χ4n) is 2.30. The van der Waals surface area contributed by atoms with E-state index < -0.39 is 5.41 Å². The van der Waals surface area contributed by atoms with E-state index >= 15 is 0 Å². The van der Waals surface area contributed by atoms with Crippen LogP contribution in [0, 0.1) is 5.41 Å². The zero-order valence-electron chi connectivity index (χ0n) is 11.6. The first-order valence-electron chi connectivity index (χ1n) is 6.90. The van der Waals surface area contributed by atoms with E-state index in [1.54, 1.807) is 31.2 Å². The number of ether oxygens (including phenoxy) is 1. The van der Waals surface area contributed by atoms with Gasteiger partial charge in [-0.1, -0.05) is 6.42 Å². The van der Waals surface area contributed by atoms with Crippen LogP contribution in [-0.4, -0.2) is 25.0 Å². The maximum Gasteiger partial charge on any atom is 0.338 e. The Bertz CT molecular complexity index is 487. The molecule has 2 rings (SSSR count). The lowest BCUT2D eigenvalue weighted by molar-refractivity contribution is -0.129. The smallest absolute Gasteiger partial charge is 0.338 e. The van der Waals surface area contributed by atoms with Crippen molar-refractivity contribution < 1.29 is 14.3 Å². The van der Waals surface area contributed by atoms with Gasteiger partial charge in [-0.05, 0) is 44.0 Å². The van der Waals surface area contributed by atoms with Gasteiger partial charge in [-0.3, -0.25) is 4.79 Å². The molecule has 1 fully saturated rings. The van der Waals surface area contributed by atoms with E-state index in [0.29, 0.717) is 24.4 Å². The molecule has 0 saturated heterocycles. The maximum atomic E-state index is 12.2. The monoisotopic (exact) mass is 276 g/mol. The number of rotatable bonds is 5. The molecule has 3 N–H and O–H groups in total. The van der Waals surface area contributed by atoms with Crippen molar-refractivity contribution >= 4 is 17.6 Å². The van der Waals surface area contributed by atoms with Gasteiger partial charge in [0.15, 0.2) is 0 Å². The van der Waals surface area contributed by atoms with Crippen LogP contribution >= 0.6 is 0 Å². The Hall–Kier alpha value is -1.88. The third-order valence-corrected chi connectivity index (χ3v) is 3.84. The normalized spacial score (nSPS) is 16.1. The van der Waals surface area contributed by atoms with Crippen LogP contribution in [-0.2, 0) is 9.53 Å². The Morgan fingerprint density at radius 1 is 1.30 bits per heavy atom. The molecule has 1 aromatic carbocycles. The molecule has 0 spiro atoms. The van der Waals surface area contributed by atoms with Crippen molar-refractivity contribution in [2.75, 3.05) is 18.5 Å². The van der Waals surface area contributed by atoms with Crippen molar-refractivity contribution in [1.82, 2.24) is 0 Å². The van der Waals surface area contributed by atoms with Crippen LogP contribution < -0.4 is 11.1 Å². The van der Waals surface area contributed by atoms with Gasteiger partial charge in [0, 0.05) is 12.2 Å². The Morgan fingerprint density at radius 3 is 2.40 bits per heavy atom. The summed E-state index contributed by atoms with van der Waals surface area (Å²) < 4.78 is 4.90. The third kappa shape index (κ3) is 2.82. The van der Waals surface area contributed by atoms with E-state index in [9.17, 15) is 9.59 Å². The second-order valence-corrected chi connectivity index (χ2v) is 5.09. The molecule has 1 saturated carbocycles. The van der Waals surface area contributed by atoms with Gasteiger partial charge in [-0.2, -0.15) is 0 Å². The first-order chi connectivity index (χ1) is 9.61. The van der Waals surface area contributed by atoms with E-state index in [4.69, 9.17) is 10.5 Å². The summed E-state index contributed by atoms with van der Waals surface area (Å²) in [5, 5.41) is 2.86. The Morgan fingerprint density at radius 2 is 1.95 bits per heavy atom. The molecule has 5 heteroatoms. The molecule has 1 amide bonds. The minimum absolute atomic E-state index is 0.0323. The standard InChI is InChI=1S/C15H20N2O3/c1-2-20-13(18)11-4-6-12(7-5-11)17-14(19)15(10-16)8-3-9-15/h4-7H,2-3,8-10,16H2,1H3,(H,17,19). The molecule has 1 aliphatic rings. The second kappa shape index (κ2) is 6.05. The molecule has 20 heavy (non-hydrogen) atoms. The van der Waals surface area contributed by atoms with Gasteiger partial charge in [0.1, 0.15) is 0 Å². The minimum atomic E-state index is -0.403. The topological polar surface area (TPSA) is 81.4 Å². The number of nitrogens with two attached hydrogens (primary N) is 1. The van der Waals surface area contributed by atoms with Crippen LogP contribution in [0.5, 0.6) is 0 Å². The highest BCUT2D eigenvalue weighted by Gasteiger charge is 2.42. The molecule has 0 bridgehead atoms. The Labute approximate surface area is 118 Å². The van der Waals surface area contributed by atoms with Crippen LogP contribution in [0.4, 0.5) is 5.69 Å². The Kier molecular flexibility index (Phi) is 4.39. The number of nitrogens with one attached hydrogen (secondary N) is 1. The van der Waals surface area contributed by atoms with Gasteiger partial charge in [-0.25, -0.2) is 4.79 Å². The second-order valence-electron chi connectivity index (χ2n) is 5.09. The minimum Gasteiger partial charge on any atom is -0.462 e. The van der Waals surface area contributed by atoms with Crippen LogP contribution in [0.1, 0.15) is 36.5 Å². The van der Waals surface area contributed by atoms with Gasteiger partial charge in [0.05, 0.1) is 17.6 Å². The average Bonchev–Trinajstić information content (AvgIpc) is 2.39. The number of hydrogen-bond acceptors (Lipinski definition) is 4. The summed E-state index contributed by atoms with van der Waals surface area (Å²) in [5.41, 5.74) is 6.44. The van der Waals surface area contributed by atoms with Crippen molar-refractivity contribution in [2.45, 2.75) is 26.2 Å². The molecule has 0 radical (unpaired) electrons. The number of carbonyl (C=O) groups is 2. The predicted octanol–water partition coefficient (Wildman–Crippen LogP) is 1.93. The molecule has 0 aromatic heterocycles. The molecule has 0 atom stereocenters. The summed E-state index contributed by atoms with van der Waals surface area (Å²) in [6.45, 7) is 2.48. The van der Waals surface area contributed by atoms with Crippen LogP contribution in [0.2, 0.25) is 0 Å². The number of anilines is 1. The first-order valence-corrected chi connectivity index (χ1v) is 6.90. The van der Waals surface area contributed by atoms with Crippen LogP contribution in [0.15, 0.2) is 24.3 Å². The quantitative estimate of drug-likeness (QED) is 0.805. The molecule has 0 aliphatic heterocycles. The summed E-state index contributed by atoms with van der Waals surface area (Å²) in [7, 11) is 0. The summed E-state index contributed by atoms with van der Waals surface area (Å²) in [4.78, 5) is 23.7. The van der Waals surface area contributed by atoms with Gasteiger partial charge in [0.2, 0.25) is 5.91 Å². The first kappa shape index (κ1) is 14.5. The zero-order valence-corrected chi connectivity index (χ0v) is 11.6. The van der Waals surface area contributed by atoms with Gasteiger partial charge < -0.3 is 15.8 Å². The van der Waals surface area contributed by atoms with Gasteiger partial charge >= 0.3 is 5.97 Å².